The highest BCUT2D eigenvalue weighted by Gasteiger charge is 2.19. The molecule has 24 heavy (non-hydrogen) atoms. The van der Waals surface area contributed by atoms with Gasteiger partial charge < -0.3 is 20.0 Å². The molecule has 1 saturated heterocycles. The van der Waals surface area contributed by atoms with E-state index in [0.717, 1.165) is 43.5 Å². The summed E-state index contributed by atoms with van der Waals surface area (Å²) in [6, 6.07) is 1.79. The van der Waals surface area contributed by atoms with Crippen molar-refractivity contribution in [1.29, 1.82) is 0 Å². The molecule has 2 N–H and O–H groups in total. The number of aliphatic imine (C=N–C) groups is 1. The molecule has 1 amide bonds. The van der Waals surface area contributed by atoms with E-state index >= 15 is 0 Å². The topological polar surface area (TPSA) is 69.9 Å². The van der Waals surface area contributed by atoms with Gasteiger partial charge >= 0.3 is 0 Å². The predicted molar refractivity (Wildman–Crippen MR) is 96.3 cm³/mol. The maximum Gasteiger partial charge on any atom is 0.287 e. The van der Waals surface area contributed by atoms with Crippen LogP contribution in [0, 0.1) is 12.8 Å². The fourth-order valence-corrected chi connectivity index (χ4v) is 2.96. The Morgan fingerprint density at radius 1 is 1.46 bits per heavy atom. The molecule has 2 rings (SSSR count). The normalized spacial score (nSPS) is 18.5. The zero-order valence-corrected chi connectivity index (χ0v) is 15.1. The zero-order chi connectivity index (χ0) is 17.4. The van der Waals surface area contributed by atoms with E-state index in [4.69, 9.17) is 9.41 Å². The van der Waals surface area contributed by atoms with E-state index in [9.17, 15) is 4.79 Å². The average Bonchev–Trinajstić information content (AvgIpc) is 2.99. The molecule has 0 radical (unpaired) electrons. The molecule has 0 aromatic carbocycles. The van der Waals surface area contributed by atoms with Gasteiger partial charge in [0.1, 0.15) is 0 Å². The number of furan rings is 1. The lowest BCUT2D eigenvalue weighted by Gasteiger charge is -2.33. The number of guanidine groups is 1. The van der Waals surface area contributed by atoms with Gasteiger partial charge in [0, 0.05) is 38.3 Å². The lowest BCUT2D eigenvalue weighted by molar-refractivity contribution is 0.0925. The van der Waals surface area contributed by atoms with Crippen molar-refractivity contribution >= 4 is 11.9 Å². The van der Waals surface area contributed by atoms with E-state index in [2.05, 4.69) is 29.4 Å². The summed E-state index contributed by atoms with van der Waals surface area (Å²) in [6.07, 6.45) is 4.87. The monoisotopic (exact) mass is 334 g/mol. The first-order valence-corrected chi connectivity index (χ1v) is 8.97. The number of hydrogen-bond donors (Lipinski definition) is 2. The van der Waals surface area contributed by atoms with E-state index in [1.807, 2.05) is 6.92 Å². The molecule has 6 heteroatoms. The van der Waals surface area contributed by atoms with Gasteiger partial charge in [-0.3, -0.25) is 9.79 Å². The minimum absolute atomic E-state index is 0.154. The molecule has 1 atom stereocenters. The van der Waals surface area contributed by atoms with Crippen LogP contribution in [0.2, 0.25) is 0 Å². The maximum atomic E-state index is 11.9. The third-order valence-corrected chi connectivity index (χ3v) is 4.24. The quantitative estimate of drug-likeness (QED) is 0.476. The minimum atomic E-state index is -0.154. The van der Waals surface area contributed by atoms with E-state index in [1.54, 1.807) is 6.07 Å². The summed E-state index contributed by atoms with van der Waals surface area (Å²) in [5.41, 5.74) is 0.860. The van der Waals surface area contributed by atoms with Crippen LogP contribution in [0.1, 0.15) is 49.2 Å². The molecule has 0 aliphatic carbocycles. The number of carbonyl (C=O) groups is 1. The highest BCUT2D eigenvalue weighted by Crippen LogP contribution is 2.15. The molecule has 1 aliphatic rings. The van der Waals surface area contributed by atoms with Crippen molar-refractivity contribution in [3.63, 3.8) is 0 Å². The molecule has 2 heterocycles. The zero-order valence-electron chi connectivity index (χ0n) is 15.1. The van der Waals surface area contributed by atoms with Crippen LogP contribution >= 0.6 is 0 Å². The van der Waals surface area contributed by atoms with Crippen LogP contribution in [0.3, 0.4) is 0 Å². The molecule has 0 spiro atoms. The highest BCUT2D eigenvalue weighted by atomic mass is 16.3. The Kier molecular flexibility index (Phi) is 7.15. The van der Waals surface area contributed by atoms with Gasteiger partial charge in [0.05, 0.1) is 6.26 Å². The molecule has 1 unspecified atom stereocenters. The number of amides is 1. The third kappa shape index (κ3) is 5.28. The summed E-state index contributed by atoms with van der Waals surface area (Å²) in [7, 11) is 0. The Bertz CT molecular complexity index is 553. The number of nitrogens with one attached hydrogen (secondary N) is 2. The highest BCUT2D eigenvalue weighted by molar-refractivity contribution is 5.92. The molecular weight excluding hydrogens is 304 g/mol. The van der Waals surface area contributed by atoms with Gasteiger partial charge in [0.2, 0.25) is 0 Å². The number of piperidine rings is 1. The maximum absolute atomic E-state index is 11.9. The van der Waals surface area contributed by atoms with Gasteiger partial charge in [0.15, 0.2) is 11.7 Å². The Morgan fingerprint density at radius 3 is 2.96 bits per heavy atom. The number of likely N-dealkylation sites (tertiary alicyclic amines) is 1. The second-order valence-electron chi connectivity index (χ2n) is 6.47. The SMILES string of the molecule is CCNC(=NCCCNC(=O)c1occc1C)N1CCCC(C)C1. The van der Waals surface area contributed by atoms with Crippen molar-refractivity contribution in [3.8, 4) is 0 Å². The Labute approximate surface area is 144 Å². The van der Waals surface area contributed by atoms with Crippen LogP contribution in [-0.2, 0) is 0 Å². The molecule has 0 bridgehead atoms. The van der Waals surface area contributed by atoms with Gasteiger partial charge in [-0.15, -0.1) is 0 Å². The van der Waals surface area contributed by atoms with Gasteiger partial charge in [-0.25, -0.2) is 0 Å². The van der Waals surface area contributed by atoms with E-state index in [-0.39, 0.29) is 5.91 Å². The summed E-state index contributed by atoms with van der Waals surface area (Å²) in [5.74, 6) is 1.96. The summed E-state index contributed by atoms with van der Waals surface area (Å²) in [6.45, 7) is 10.6. The first-order valence-electron chi connectivity index (χ1n) is 8.97. The molecule has 1 fully saturated rings. The lowest BCUT2D eigenvalue weighted by Crippen LogP contribution is -2.46. The van der Waals surface area contributed by atoms with Crippen LogP contribution in [0.25, 0.3) is 0 Å². The van der Waals surface area contributed by atoms with Crippen LogP contribution in [0.5, 0.6) is 0 Å². The number of carbonyl (C=O) groups excluding carboxylic acids is 1. The Balaban J connectivity index is 1.76. The molecule has 1 aromatic rings. The standard InChI is InChI=1S/C18H30N4O2/c1-4-19-18(22-11-5-7-14(2)13-22)21-10-6-9-20-17(23)16-15(3)8-12-24-16/h8,12,14H,4-7,9-11,13H2,1-3H3,(H,19,21)(H,20,23). The lowest BCUT2D eigenvalue weighted by atomic mass is 10.0. The van der Waals surface area contributed by atoms with E-state index in [1.165, 1.54) is 19.1 Å². The first-order chi connectivity index (χ1) is 11.6. The number of rotatable bonds is 6. The molecule has 0 saturated carbocycles. The second-order valence-corrected chi connectivity index (χ2v) is 6.47. The number of hydrogen-bond acceptors (Lipinski definition) is 3. The minimum Gasteiger partial charge on any atom is -0.459 e. The fraction of sp³-hybridized carbons (Fsp3) is 0.667. The predicted octanol–water partition coefficient (Wildman–Crippen LogP) is 2.41. The van der Waals surface area contributed by atoms with Crippen molar-refractivity contribution in [1.82, 2.24) is 15.5 Å². The first kappa shape index (κ1) is 18.4. The smallest absolute Gasteiger partial charge is 0.287 e. The van der Waals surface area contributed by atoms with Gasteiger partial charge in [0.25, 0.3) is 5.91 Å². The van der Waals surface area contributed by atoms with Crippen molar-refractivity contribution < 1.29 is 9.21 Å². The third-order valence-electron chi connectivity index (χ3n) is 4.24. The summed E-state index contributed by atoms with van der Waals surface area (Å²) in [4.78, 5) is 19.0. The van der Waals surface area contributed by atoms with Gasteiger partial charge in [-0.05, 0) is 45.1 Å². The van der Waals surface area contributed by atoms with Crippen LogP contribution < -0.4 is 10.6 Å². The van der Waals surface area contributed by atoms with Crippen molar-refractivity contribution in [2.45, 2.75) is 40.0 Å². The van der Waals surface area contributed by atoms with Crippen LogP contribution in [-0.4, -0.2) is 49.5 Å². The summed E-state index contributed by atoms with van der Waals surface area (Å²) < 4.78 is 5.19. The molecule has 1 aromatic heterocycles. The van der Waals surface area contributed by atoms with E-state index in [0.29, 0.717) is 18.8 Å². The van der Waals surface area contributed by atoms with E-state index < -0.39 is 0 Å². The Morgan fingerprint density at radius 2 is 2.29 bits per heavy atom. The summed E-state index contributed by atoms with van der Waals surface area (Å²) in [5, 5.41) is 6.26. The largest absolute Gasteiger partial charge is 0.459 e. The average molecular weight is 334 g/mol. The van der Waals surface area contributed by atoms with Gasteiger partial charge in [-0.1, -0.05) is 6.92 Å². The molecule has 134 valence electrons. The fourth-order valence-electron chi connectivity index (χ4n) is 2.96. The van der Waals surface area contributed by atoms with Crippen LogP contribution in [0.15, 0.2) is 21.7 Å². The van der Waals surface area contributed by atoms with Crippen molar-refractivity contribution in [3.05, 3.63) is 23.7 Å². The number of aryl methyl sites for hydroxylation is 1. The summed E-state index contributed by atoms with van der Waals surface area (Å²) >= 11 is 0. The van der Waals surface area contributed by atoms with Crippen LogP contribution in [0.4, 0.5) is 0 Å². The second kappa shape index (κ2) is 9.35. The number of nitrogens with zero attached hydrogens (tertiary/aromatic N) is 2. The van der Waals surface area contributed by atoms with Crippen molar-refractivity contribution in [2.75, 3.05) is 32.7 Å². The Hall–Kier alpha value is -1.98. The molecule has 6 nitrogen and oxygen atoms in total. The molecular formula is C18H30N4O2. The van der Waals surface area contributed by atoms with Gasteiger partial charge in [-0.2, -0.15) is 0 Å². The van der Waals surface area contributed by atoms with Crippen molar-refractivity contribution in [2.24, 2.45) is 10.9 Å². The molecule has 1 aliphatic heterocycles.